The highest BCUT2D eigenvalue weighted by Crippen LogP contribution is 2.45. The number of phosphoric ester groups is 2. The Hall–Kier alpha value is -1.94. The quantitative estimate of drug-likeness (QED) is 0.0222. The van der Waals surface area contributed by atoms with Crippen molar-refractivity contribution in [3.05, 3.63) is 0 Å². The monoisotopic (exact) mass is 1420 g/mol. The number of carbonyl (C=O) groups is 4. The van der Waals surface area contributed by atoms with Crippen LogP contribution in [0.1, 0.15) is 402 Å². The van der Waals surface area contributed by atoms with Crippen LogP contribution < -0.4 is 0 Å². The van der Waals surface area contributed by atoms with E-state index in [1.165, 1.54) is 205 Å². The van der Waals surface area contributed by atoms with E-state index in [4.69, 9.17) is 37.0 Å². The van der Waals surface area contributed by atoms with Crippen molar-refractivity contribution in [2.75, 3.05) is 39.6 Å². The minimum Gasteiger partial charge on any atom is -0.462 e. The van der Waals surface area contributed by atoms with Crippen molar-refractivity contribution in [1.82, 2.24) is 0 Å². The number of carbonyl (C=O) groups excluding carboxylic acids is 4. The van der Waals surface area contributed by atoms with Crippen LogP contribution in [0.3, 0.4) is 0 Å². The molecule has 0 heterocycles. The van der Waals surface area contributed by atoms with E-state index >= 15 is 0 Å². The topological polar surface area (TPSA) is 237 Å². The summed E-state index contributed by atoms with van der Waals surface area (Å²) in [7, 11) is -9.91. The third-order valence-corrected chi connectivity index (χ3v) is 20.4. The second-order valence-electron chi connectivity index (χ2n) is 29.3. The minimum absolute atomic E-state index is 0.102. The SMILES string of the molecule is CCCCCCCCCCCCCCCCCCCCCCCCC(=O)O[C@H](COC(=O)CCCCCCCCCCCCCCCC(C)C)COP(=O)(O)OC[C@@H](O)COP(=O)(O)OC[C@@H](COC(=O)CCCCCCCCC(C)C)OC(=O)CCCCCCCCC(C)CC. The first kappa shape index (κ1) is 95.1. The molecule has 0 aromatic heterocycles. The maximum Gasteiger partial charge on any atom is 0.472 e. The van der Waals surface area contributed by atoms with Crippen molar-refractivity contribution in [2.45, 2.75) is 420 Å². The zero-order chi connectivity index (χ0) is 71.6. The van der Waals surface area contributed by atoms with Gasteiger partial charge in [-0.15, -0.1) is 0 Å². The maximum atomic E-state index is 13.1. The van der Waals surface area contributed by atoms with E-state index in [-0.39, 0.29) is 25.7 Å². The van der Waals surface area contributed by atoms with Crippen molar-refractivity contribution in [1.29, 1.82) is 0 Å². The van der Waals surface area contributed by atoms with Gasteiger partial charge in [0.1, 0.15) is 19.3 Å². The smallest absolute Gasteiger partial charge is 0.462 e. The average molecular weight is 1420 g/mol. The van der Waals surface area contributed by atoms with E-state index in [9.17, 15) is 43.2 Å². The standard InChI is InChI=1S/C78H152O17P2/c1-8-10-11-12-13-14-15-16-17-18-19-20-21-22-23-24-27-31-34-37-47-54-61-77(82)94-73(65-88-75(80)59-52-45-36-33-30-28-25-26-29-32-35-42-49-56-69(3)4)67-92-96(84,85)90-63-72(79)64-91-97(86,87)93-68-74(66-89-76(81)60-53-46-40-38-43-50-57-70(5)6)95-78(83)62-55-48-41-39-44-51-58-71(7)9-2/h69-74,79H,8-68H2,1-7H3,(H,84,85)(H,86,87)/t71?,72-,73-,74-/m1/s1. The molecule has 0 spiro atoms. The van der Waals surface area contributed by atoms with Gasteiger partial charge in [-0.2, -0.15) is 0 Å². The lowest BCUT2D eigenvalue weighted by atomic mass is 10.00. The molecule has 0 aliphatic rings. The molecule has 0 fully saturated rings. The molecular weight excluding hydrogens is 1270 g/mol. The number of aliphatic hydroxyl groups is 1. The first-order chi connectivity index (χ1) is 46.8. The lowest BCUT2D eigenvalue weighted by Crippen LogP contribution is -2.30. The van der Waals surface area contributed by atoms with Crippen LogP contribution in [0.4, 0.5) is 0 Å². The fourth-order valence-corrected chi connectivity index (χ4v) is 13.5. The van der Waals surface area contributed by atoms with Gasteiger partial charge in [0.25, 0.3) is 0 Å². The summed E-state index contributed by atoms with van der Waals surface area (Å²) < 4.78 is 68.5. The maximum absolute atomic E-state index is 13.1. The highest BCUT2D eigenvalue weighted by atomic mass is 31.2. The molecule has 6 atom stereocenters. The second-order valence-corrected chi connectivity index (χ2v) is 32.2. The molecule has 0 aromatic carbocycles. The predicted molar refractivity (Wildman–Crippen MR) is 395 cm³/mol. The molecule has 0 aliphatic heterocycles. The van der Waals surface area contributed by atoms with Gasteiger partial charge in [-0.3, -0.25) is 37.3 Å². The van der Waals surface area contributed by atoms with Gasteiger partial charge in [-0.25, -0.2) is 9.13 Å². The van der Waals surface area contributed by atoms with E-state index in [0.29, 0.717) is 31.6 Å². The summed E-state index contributed by atoms with van der Waals surface area (Å²) in [6, 6.07) is 0. The van der Waals surface area contributed by atoms with Crippen LogP contribution in [0.15, 0.2) is 0 Å². The van der Waals surface area contributed by atoms with E-state index in [2.05, 4.69) is 48.5 Å². The summed E-state index contributed by atoms with van der Waals surface area (Å²) in [4.78, 5) is 72.8. The van der Waals surface area contributed by atoms with Crippen LogP contribution in [0, 0.1) is 17.8 Å². The van der Waals surface area contributed by atoms with Crippen molar-refractivity contribution in [3.63, 3.8) is 0 Å². The molecule has 0 saturated heterocycles. The molecule has 0 rings (SSSR count). The summed E-state index contributed by atoms with van der Waals surface area (Å²) in [5.74, 6) is 0.0679. The zero-order valence-electron chi connectivity index (χ0n) is 63.5. The highest BCUT2D eigenvalue weighted by Gasteiger charge is 2.30. The van der Waals surface area contributed by atoms with Crippen molar-refractivity contribution in [2.24, 2.45) is 17.8 Å². The molecule has 0 saturated carbocycles. The molecule has 576 valence electrons. The number of rotatable bonds is 76. The number of hydrogen-bond donors (Lipinski definition) is 3. The van der Waals surface area contributed by atoms with Crippen LogP contribution >= 0.6 is 15.6 Å². The number of esters is 4. The largest absolute Gasteiger partial charge is 0.472 e. The van der Waals surface area contributed by atoms with Gasteiger partial charge in [-0.1, -0.05) is 350 Å². The Bertz CT molecular complexity index is 1890. The fourth-order valence-electron chi connectivity index (χ4n) is 11.9. The number of aliphatic hydroxyl groups excluding tert-OH is 1. The lowest BCUT2D eigenvalue weighted by molar-refractivity contribution is -0.161. The van der Waals surface area contributed by atoms with E-state index in [1.54, 1.807) is 0 Å². The normalized spacial score (nSPS) is 14.3. The van der Waals surface area contributed by atoms with E-state index in [0.717, 1.165) is 108 Å². The summed E-state index contributed by atoms with van der Waals surface area (Å²) in [6.07, 6.45) is 56.0. The molecule has 19 heteroatoms. The predicted octanol–water partition coefficient (Wildman–Crippen LogP) is 23.0. The molecule has 97 heavy (non-hydrogen) atoms. The molecule has 0 radical (unpaired) electrons. The van der Waals surface area contributed by atoms with Gasteiger partial charge in [0.05, 0.1) is 26.4 Å². The Labute approximate surface area is 594 Å². The Morgan fingerprint density at radius 3 is 0.784 bits per heavy atom. The Kier molecular flexibility index (Phi) is 67.1. The molecule has 0 bridgehead atoms. The summed E-state index contributed by atoms with van der Waals surface area (Å²) in [5.41, 5.74) is 0. The first-order valence-corrected chi connectivity index (χ1v) is 43.4. The van der Waals surface area contributed by atoms with Crippen molar-refractivity contribution < 1.29 is 80.2 Å². The third-order valence-electron chi connectivity index (χ3n) is 18.5. The molecule has 3 unspecified atom stereocenters. The highest BCUT2D eigenvalue weighted by molar-refractivity contribution is 7.47. The second kappa shape index (κ2) is 68.5. The van der Waals surface area contributed by atoms with Crippen LogP contribution in [0.25, 0.3) is 0 Å². The van der Waals surface area contributed by atoms with Crippen molar-refractivity contribution >= 4 is 39.5 Å². The van der Waals surface area contributed by atoms with Crippen LogP contribution in [0.5, 0.6) is 0 Å². The molecule has 0 aromatic rings. The Balaban J connectivity index is 5.18. The zero-order valence-corrected chi connectivity index (χ0v) is 65.3. The van der Waals surface area contributed by atoms with E-state index in [1.807, 2.05) is 0 Å². The Morgan fingerprint density at radius 2 is 0.526 bits per heavy atom. The number of hydrogen-bond acceptors (Lipinski definition) is 15. The molecule has 17 nitrogen and oxygen atoms in total. The molecule has 3 N–H and O–H groups in total. The van der Waals surface area contributed by atoms with Crippen LogP contribution in [-0.4, -0.2) is 96.7 Å². The van der Waals surface area contributed by atoms with Crippen LogP contribution in [-0.2, 0) is 65.4 Å². The number of phosphoric acid groups is 2. The van der Waals surface area contributed by atoms with Gasteiger partial charge in [0.2, 0.25) is 0 Å². The molecule has 0 aliphatic carbocycles. The lowest BCUT2D eigenvalue weighted by Gasteiger charge is -2.21. The van der Waals surface area contributed by atoms with Gasteiger partial charge in [0, 0.05) is 25.7 Å². The summed E-state index contributed by atoms with van der Waals surface area (Å²) in [5, 5.41) is 10.6. The van der Waals surface area contributed by atoms with E-state index < -0.39 is 97.5 Å². The number of ether oxygens (including phenoxy) is 4. The summed E-state index contributed by atoms with van der Waals surface area (Å²) in [6.45, 7) is 11.8. The molecular formula is C78H152O17P2. The van der Waals surface area contributed by atoms with Crippen LogP contribution in [0.2, 0.25) is 0 Å². The Morgan fingerprint density at radius 1 is 0.299 bits per heavy atom. The van der Waals surface area contributed by atoms with Crippen molar-refractivity contribution in [3.8, 4) is 0 Å². The number of unbranched alkanes of at least 4 members (excludes halogenated alkanes) is 43. The minimum atomic E-state index is -4.96. The summed E-state index contributed by atoms with van der Waals surface area (Å²) >= 11 is 0. The van der Waals surface area contributed by atoms with Gasteiger partial charge < -0.3 is 33.8 Å². The fraction of sp³-hybridized carbons (Fsp3) is 0.949. The first-order valence-electron chi connectivity index (χ1n) is 40.4. The average Bonchev–Trinajstić information content (AvgIpc) is 1.22. The van der Waals surface area contributed by atoms with Gasteiger partial charge in [-0.05, 0) is 43.4 Å². The van der Waals surface area contributed by atoms with Gasteiger partial charge >= 0.3 is 39.5 Å². The molecule has 0 amide bonds. The third kappa shape index (κ3) is 70.9. The van der Waals surface area contributed by atoms with Gasteiger partial charge in [0.15, 0.2) is 12.2 Å².